The standard InChI is InChI=1S/C15H16FNO4/c1-20-17-8-6-15(7-9-17)13(18)12(14(19)21-15)10-2-4-11(16)5-3-10/h2-5,18H,6-9H2,1H3. The monoisotopic (exact) mass is 293 g/mol. The summed E-state index contributed by atoms with van der Waals surface area (Å²) in [5, 5.41) is 12.2. The molecule has 0 saturated carbocycles. The molecule has 0 unspecified atom stereocenters. The Morgan fingerprint density at radius 2 is 1.90 bits per heavy atom. The van der Waals surface area contributed by atoms with Crippen molar-refractivity contribution in [2.75, 3.05) is 20.2 Å². The lowest BCUT2D eigenvalue weighted by Crippen LogP contribution is -2.45. The largest absolute Gasteiger partial charge is 0.507 e. The smallest absolute Gasteiger partial charge is 0.343 e. The highest BCUT2D eigenvalue weighted by molar-refractivity contribution is 6.19. The summed E-state index contributed by atoms with van der Waals surface area (Å²) < 4.78 is 18.4. The molecule has 0 bridgehead atoms. The minimum atomic E-state index is -0.976. The van der Waals surface area contributed by atoms with E-state index in [-0.39, 0.29) is 11.3 Å². The molecule has 6 heteroatoms. The Labute approximate surface area is 121 Å². The average molecular weight is 293 g/mol. The molecule has 1 N–H and O–H groups in total. The van der Waals surface area contributed by atoms with Crippen molar-refractivity contribution in [3.05, 3.63) is 41.4 Å². The molecule has 21 heavy (non-hydrogen) atoms. The van der Waals surface area contributed by atoms with E-state index < -0.39 is 17.4 Å². The Bertz CT molecular complexity index is 588. The first kappa shape index (κ1) is 14.0. The van der Waals surface area contributed by atoms with Crippen LogP contribution in [0.15, 0.2) is 30.0 Å². The van der Waals surface area contributed by atoms with Crippen molar-refractivity contribution in [2.45, 2.75) is 18.4 Å². The third kappa shape index (κ3) is 2.30. The molecular weight excluding hydrogens is 277 g/mol. The molecule has 1 saturated heterocycles. The van der Waals surface area contributed by atoms with Gasteiger partial charge in [-0.15, -0.1) is 0 Å². The second-order valence-electron chi connectivity index (χ2n) is 5.23. The molecule has 0 amide bonds. The molecule has 0 aromatic heterocycles. The molecule has 5 nitrogen and oxygen atoms in total. The van der Waals surface area contributed by atoms with Crippen molar-refractivity contribution in [3.63, 3.8) is 0 Å². The van der Waals surface area contributed by atoms with Gasteiger partial charge in [0.05, 0.1) is 7.11 Å². The molecule has 1 fully saturated rings. The van der Waals surface area contributed by atoms with Gasteiger partial charge in [-0.1, -0.05) is 12.1 Å². The minimum absolute atomic E-state index is 0.0603. The Kier molecular flexibility index (Phi) is 3.43. The quantitative estimate of drug-likeness (QED) is 0.846. The summed E-state index contributed by atoms with van der Waals surface area (Å²) in [6.07, 6.45) is 0.923. The molecule has 0 radical (unpaired) electrons. The van der Waals surface area contributed by atoms with Gasteiger partial charge in [0.15, 0.2) is 11.4 Å². The maximum atomic E-state index is 13.0. The Morgan fingerprint density at radius 1 is 1.29 bits per heavy atom. The number of aliphatic hydroxyl groups is 1. The number of benzene rings is 1. The second kappa shape index (κ2) is 5.13. The molecular formula is C15H16FNO4. The summed E-state index contributed by atoms with van der Waals surface area (Å²) in [7, 11) is 1.58. The van der Waals surface area contributed by atoms with Gasteiger partial charge in [-0.25, -0.2) is 9.18 Å². The lowest BCUT2D eigenvalue weighted by Gasteiger charge is -2.36. The van der Waals surface area contributed by atoms with Gasteiger partial charge in [0.2, 0.25) is 0 Å². The summed E-state index contributed by atoms with van der Waals surface area (Å²) >= 11 is 0. The highest BCUT2D eigenvalue weighted by Crippen LogP contribution is 2.42. The first-order valence-corrected chi connectivity index (χ1v) is 6.78. The lowest BCUT2D eigenvalue weighted by atomic mass is 9.88. The van der Waals surface area contributed by atoms with Gasteiger partial charge in [0, 0.05) is 25.9 Å². The van der Waals surface area contributed by atoms with Gasteiger partial charge in [0.25, 0.3) is 0 Å². The van der Waals surface area contributed by atoms with Crippen molar-refractivity contribution in [2.24, 2.45) is 0 Å². The third-order valence-corrected chi connectivity index (χ3v) is 4.08. The highest BCUT2D eigenvalue weighted by Gasteiger charge is 2.50. The molecule has 3 rings (SSSR count). The molecule has 0 atom stereocenters. The van der Waals surface area contributed by atoms with Gasteiger partial charge >= 0.3 is 5.97 Å². The third-order valence-electron chi connectivity index (χ3n) is 4.08. The SMILES string of the molecule is CON1CCC2(CC1)OC(=O)C(c1ccc(F)cc1)=C2O. The van der Waals surface area contributed by atoms with Gasteiger partial charge in [-0.05, 0) is 17.7 Å². The number of esters is 1. The molecule has 1 aromatic carbocycles. The summed E-state index contributed by atoms with van der Waals surface area (Å²) in [6.45, 7) is 1.12. The van der Waals surface area contributed by atoms with E-state index >= 15 is 0 Å². The van der Waals surface area contributed by atoms with Crippen LogP contribution in [0.25, 0.3) is 5.57 Å². The average Bonchev–Trinajstić information content (AvgIpc) is 2.72. The molecule has 2 heterocycles. The molecule has 1 aromatic rings. The fourth-order valence-electron chi connectivity index (χ4n) is 2.84. The van der Waals surface area contributed by atoms with E-state index in [9.17, 15) is 14.3 Å². The maximum absolute atomic E-state index is 13.0. The van der Waals surface area contributed by atoms with E-state index in [4.69, 9.17) is 9.57 Å². The van der Waals surface area contributed by atoms with Crippen molar-refractivity contribution in [1.29, 1.82) is 0 Å². The predicted octanol–water partition coefficient (Wildman–Crippen LogP) is 2.05. The number of nitrogens with zero attached hydrogens (tertiary/aromatic N) is 1. The number of hydrogen-bond donors (Lipinski definition) is 1. The van der Waals surface area contributed by atoms with Gasteiger partial charge < -0.3 is 14.7 Å². The molecule has 112 valence electrons. The van der Waals surface area contributed by atoms with Crippen LogP contribution in [-0.2, 0) is 14.4 Å². The van der Waals surface area contributed by atoms with E-state index in [1.54, 1.807) is 12.2 Å². The molecule has 0 aliphatic carbocycles. The number of carbonyl (C=O) groups excluding carboxylic acids is 1. The molecule has 1 spiro atoms. The molecule has 2 aliphatic rings. The van der Waals surface area contributed by atoms with E-state index in [0.717, 1.165) is 0 Å². The Hall–Kier alpha value is -1.92. The molecule has 2 aliphatic heterocycles. The van der Waals surface area contributed by atoms with E-state index in [2.05, 4.69) is 0 Å². The fourth-order valence-corrected chi connectivity index (χ4v) is 2.84. The Morgan fingerprint density at radius 3 is 2.48 bits per heavy atom. The number of piperidine rings is 1. The van der Waals surface area contributed by atoms with Crippen molar-refractivity contribution in [3.8, 4) is 0 Å². The van der Waals surface area contributed by atoms with Crippen LogP contribution < -0.4 is 0 Å². The normalized spacial score (nSPS) is 21.9. The van der Waals surface area contributed by atoms with Crippen LogP contribution in [0.1, 0.15) is 18.4 Å². The summed E-state index contributed by atoms with van der Waals surface area (Å²) in [5.74, 6) is -1.02. The van der Waals surface area contributed by atoms with Crippen LogP contribution in [0, 0.1) is 5.82 Å². The summed E-state index contributed by atoms with van der Waals surface area (Å²) in [6, 6.07) is 5.43. The van der Waals surface area contributed by atoms with Crippen molar-refractivity contribution in [1.82, 2.24) is 5.06 Å². The second-order valence-corrected chi connectivity index (χ2v) is 5.23. The maximum Gasteiger partial charge on any atom is 0.343 e. The zero-order chi connectivity index (χ0) is 15.0. The first-order chi connectivity index (χ1) is 10.1. The number of ether oxygens (including phenoxy) is 1. The van der Waals surface area contributed by atoms with Crippen molar-refractivity contribution < 1.29 is 23.9 Å². The van der Waals surface area contributed by atoms with Gasteiger partial charge in [0.1, 0.15) is 11.4 Å². The van der Waals surface area contributed by atoms with Crippen molar-refractivity contribution >= 4 is 11.5 Å². The highest BCUT2D eigenvalue weighted by atomic mass is 19.1. The topological polar surface area (TPSA) is 59.0 Å². The van der Waals surface area contributed by atoms with Gasteiger partial charge in [-0.2, -0.15) is 5.06 Å². The van der Waals surface area contributed by atoms with E-state index in [0.29, 0.717) is 31.5 Å². The number of carbonyl (C=O) groups is 1. The van der Waals surface area contributed by atoms with Crippen LogP contribution in [-0.4, -0.2) is 41.9 Å². The number of rotatable bonds is 2. The van der Waals surface area contributed by atoms with Crippen LogP contribution in [0.4, 0.5) is 4.39 Å². The number of hydroxylamine groups is 2. The number of hydrogen-bond acceptors (Lipinski definition) is 5. The van der Waals surface area contributed by atoms with Crippen LogP contribution in [0.3, 0.4) is 0 Å². The fraction of sp³-hybridized carbons (Fsp3) is 0.400. The summed E-state index contributed by atoms with van der Waals surface area (Å²) in [4.78, 5) is 17.2. The van der Waals surface area contributed by atoms with Crippen LogP contribution >= 0.6 is 0 Å². The number of halogens is 1. The van der Waals surface area contributed by atoms with E-state index in [1.807, 2.05) is 0 Å². The zero-order valence-corrected chi connectivity index (χ0v) is 11.6. The summed E-state index contributed by atoms with van der Waals surface area (Å²) in [5.41, 5.74) is -0.388. The first-order valence-electron chi connectivity index (χ1n) is 6.78. The Balaban J connectivity index is 1.93. The zero-order valence-electron chi connectivity index (χ0n) is 11.6. The lowest BCUT2D eigenvalue weighted by molar-refractivity contribution is -0.182. The van der Waals surface area contributed by atoms with E-state index in [1.165, 1.54) is 24.3 Å². The number of aliphatic hydroxyl groups excluding tert-OH is 1. The van der Waals surface area contributed by atoms with Crippen LogP contribution in [0.2, 0.25) is 0 Å². The predicted molar refractivity (Wildman–Crippen MR) is 72.6 cm³/mol. The van der Waals surface area contributed by atoms with Gasteiger partial charge in [-0.3, -0.25) is 0 Å². The van der Waals surface area contributed by atoms with Crippen LogP contribution in [0.5, 0.6) is 0 Å². The minimum Gasteiger partial charge on any atom is -0.507 e.